The van der Waals surface area contributed by atoms with E-state index >= 15 is 0 Å². The molecule has 104 valence electrons. The van der Waals surface area contributed by atoms with E-state index in [0.29, 0.717) is 6.54 Å². The van der Waals surface area contributed by atoms with Crippen LogP contribution in [0.4, 0.5) is 0 Å². The molecule has 1 unspecified atom stereocenters. The van der Waals surface area contributed by atoms with Crippen LogP contribution in [0.5, 0.6) is 0 Å². The van der Waals surface area contributed by atoms with Crippen molar-refractivity contribution in [3.63, 3.8) is 0 Å². The van der Waals surface area contributed by atoms with Crippen LogP contribution in [0.2, 0.25) is 0 Å². The summed E-state index contributed by atoms with van der Waals surface area (Å²) in [7, 11) is 1.95. The van der Waals surface area contributed by atoms with Gasteiger partial charge >= 0.3 is 0 Å². The normalized spacial score (nSPS) is 14.6. The smallest absolute Gasteiger partial charge is 0.108 e. The fraction of sp³-hybridized carbons (Fsp3) is 0.500. The monoisotopic (exact) mass is 279 g/mol. The lowest BCUT2D eigenvalue weighted by Gasteiger charge is -2.22. The van der Waals surface area contributed by atoms with E-state index in [-0.39, 0.29) is 0 Å². The molecule has 2 aromatic heterocycles. The van der Waals surface area contributed by atoms with Gasteiger partial charge in [0.2, 0.25) is 0 Å². The lowest BCUT2D eigenvalue weighted by atomic mass is 10.1. The molecule has 0 saturated heterocycles. The Bertz CT molecular complexity index is 543. The van der Waals surface area contributed by atoms with E-state index in [9.17, 15) is 5.11 Å². The molecule has 2 rings (SSSR count). The summed E-state index contributed by atoms with van der Waals surface area (Å²) in [6.07, 6.45) is 0. The second-order valence-electron chi connectivity index (χ2n) is 5.13. The summed E-state index contributed by atoms with van der Waals surface area (Å²) in [5.41, 5.74) is 2.60. The predicted molar refractivity (Wildman–Crippen MR) is 78.3 cm³/mol. The Morgan fingerprint density at radius 3 is 2.74 bits per heavy atom. The zero-order valence-electron chi connectivity index (χ0n) is 11.9. The van der Waals surface area contributed by atoms with Crippen molar-refractivity contribution < 1.29 is 5.11 Å². The number of nitrogens with zero attached hydrogens (tertiary/aromatic N) is 2. The zero-order valence-corrected chi connectivity index (χ0v) is 12.7. The van der Waals surface area contributed by atoms with Crippen molar-refractivity contribution >= 4 is 11.3 Å². The van der Waals surface area contributed by atoms with Gasteiger partial charge < -0.3 is 10.4 Å². The maximum absolute atomic E-state index is 10.4. The Morgan fingerprint density at radius 1 is 1.47 bits per heavy atom. The molecular weight excluding hydrogens is 258 g/mol. The highest BCUT2D eigenvalue weighted by Gasteiger charge is 2.23. The number of thiophene rings is 1. The Hall–Kier alpha value is -1.17. The quantitative estimate of drug-likeness (QED) is 0.881. The van der Waals surface area contributed by atoms with Gasteiger partial charge in [0.1, 0.15) is 5.60 Å². The summed E-state index contributed by atoms with van der Waals surface area (Å²) in [5, 5.41) is 20.1. The first kappa shape index (κ1) is 14.2. The number of aryl methyl sites for hydroxylation is 2. The lowest BCUT2D eigenvalue weighted by Crippen LogP contribution is -2.34. The van der Waals surface area contributed by atoms with Gasteiger partial charge in [-0.2, -0.15) is 5.10 Å². The molecule has 19 heavy (non-hydrogen) atoms. The van der Waals surface area contributed by atoms with Crippen molar-refractivity contribution in [2.24, 2.45) is 7.05 Å². The van der Waals surface area contributed by atoms with Crippen LogP contribution in [0.3, 0.4) is 0 Å². The van der Waals surface area contributed by atoms with Gasteiger partial charge in [0.15, 0.2) is 0 Å². The maximum Gasteiger partial charge on any atom is 0.108 e. The highest BCUT2D eigenvalue weighted by atomic mass is 32.1. The van der Waals surface area contributed by atoms with Crippen LogP contribution in [-0.2, 0) is 19.2 Å². The fourth-order valence-electron chi connectivity index (χ4n) is 2.18. The number of nitrogens with one attached hydrogen (secondary N) is 1. The molecule has 5 heteroatoms. The minimum atomic E-state index is -0.821. The van der Waals surface area contributed by atoms with Crippen LogP contribution in [-0.4, -0.2) is 21.4 Å². The second-order valence-corrected chi connectivity index (χ2v) is 6.08. The van der Waals surface area contributed by atoms with E-state index in [4.69, 9.17) is 0 Å². The summed E-state index contributed by atoms with van der Waals surface area (Å²) < 4.78 is 1.89. The molecule has 1 atom stereocenters. The third-order valence-electron chi connectivity index (χ3n) is 3.48. The minimum absolute atomic E-state index is 0.529. The van der Waals surface area contributed by atoms with Crippen LogP contribution in [0.15, 0.2) is 17.5 Å². The van der Waals surface area contributed by atoms with E-state index < -0.39 is 5.60 Å². The molecule has 0 aliphatic heterocycles. The van der Waals surface area contributed by atoms with Crippen LogP contribution >= 0.6 is 11.3 Å². The van der Waals surface area contributed by atoms with Gasteiger partial charge in [0.05, 0.1) is 5.69 Å². The van der Waals surface area contributed by atoms with E-state index in [1.807, 2.05) is 43.1 Å². The number of hydrogen-bond acceptors (Lipinski definition) is 4. The molecule has 0 radical (unpaired) electrons. The number of aliphatic hydroxyl groups is 1. The molecule has 0 fully saturated rings. The molecule has 2 N–H and O–H groups in total. The van der Waals surface area contributed by atoms with Gasteiger partial charge in [-0.1, -0.05) is 6.07 Å². The largest absolute Gasteiger partial charge is 0.383 e. The molecule has 2 heterocycles. The van der Waals surface area contributed by atoms with Crippen molar-refractivity contribution in [2.45, 2.75) is 32.9 Å². The summed E-state index contributed by atoms with van der Waals surface area (Å²) in [6, 6.07) is 3.93. The van der Waals surface area contributed by atoms with Crippen LogP contribution in [0.1, 0.15) is 28.8 Å². The molecule has 2 aromatic rings. The predicted octanol–water partition coefficient (Wildman–Crippen LogP) is 2.10. The number of rotatable bonds is 5. The molecule has 0 aliphatic carbocycles. The van der Waals surface area contributed by atoms with E-state index in [1.165, 1.54) is 11.3 Å². The van der Waals surface area contributed by atoms with Crippen molar-refractivity contribution in [2.75, 3.05) is 6.54 Å². The topological polar surface area (TPSA) is 50.1 Å². The Morgan fingerprint density at radius 2 is 2.21 bits per heavy atom. The van der Waals surface area contributed by atoms with Gasteiger partial charge in [-0.05, 0) is 32.2 Å². The summed E-state index contributed by atoms with van der Waals surface area (Å²) in [6.45, 7) is 7.18. The molecule has 0 bridgehead atoms. The third kappa shape index (κ3) is 3.05. The van der Waals surface area contributed by atoms with E-state index in [0.717, 1.165) is 17.1 Å². The highest BCUT2D eigenvalue weighted by Crippen LogP contribution is 2.24. The Balaban J connectivity index is 1.97. The summed E-state index contributed by atoms with van der Waals surface area (Å²) >= 11 is 1.58. The van der Waals surface area contributed by atoms with Crippen molar-refractivity contribution in [1.82, 2.24) is 15.1 Å². The van der Waals surface area contributed by atoms with Crippen molar-refractivity contribution in [3.8, 4) is 0 Å². The lowest BCUT2D eigenvalue weighted by molar-refractivity contribution is 0.0604. The van der Waals surface area contributed by atoms with Crippen molar-refractivity contribution in [3.05, 3.63) is 39.3 Å². The maximum atomic E-state index is 10.4. The average molecular weight is 279 g/mol. The number of aromatic nitrogens is 2. The van der Waals surface area contributed by atoms with Crippen LogP contribution in [0, 0.1) is 13.8 Å². The SMILES string of the molecule is Cc1nn(C)c(C)c1CNCC(C)(O)c1cccs1. The first-order valence-electron chi connectivity index (χ1n) is 6.38. The van der Waals surface area contributed by atoms with Gasteiger partial charge in [-0.15, -0.1) is 11.3 Å². The molecule has 0 saturated carbocycles. The first-order valence-corrected chi connectivity index (χ1v) is 7.26. The minimum Gasteiger partial charge on any atom is -0.383 e. The fourth-order valence-corrected chi connectivity index (χ4v) is 2.96. The van der Waals surface area contributed by atoms with Crippen LogP contribution in [0.25, 0.3) is 0 Å². The standard InChI is InChI=1S/C14H21N3OS/c1-10-12(11(2)17(4)16-10)8-15-9-14(3,18)13-6-5-7-19-13/h5-7,15,18H,8-9H2,1-4H3. The summed E-state index contributed by atoms with van der Waals surface area (Å²) in [4.78, 5) is 0.986. The highest BCUT2D eigenvalue weighted by molar-refractivity contribution is 7.10. The van der Waals surface area contributed by atoms with E-state index in [1.54, 1.807) is 11.3 Å². The van der Waals surface area contributed by atoms with Gasteiger partial charge in [0, 0.05) is 36.3 Å². The van der Waals surface area contributed by atoms with Crippen molar-refractivity contribution in [1.29, 1.82) is 0 Å². The Kier molecular flexibility index (Phi) is 4.08. The van der Waals surface area contributed by atoms with E-state index in [2.05, 4.69) is 17.3 Å². The van der Waals surface area contributed by atoms with Crippen LogP contribution < -0.4 is 5.32 Å². The molecule has 4 nitrogen and oxygen atoms in total. The molecular formula is C14H21N3OS. The molecule has 0 aromatic carbocycles. The molecule has 0 amide bonds. The van der Waals surface area contributed by atoms with Gasteiger partial charge in [-0.25, -0.2) is 0 Å². The average Bonchev–Trinajstić information content (AvgIpc) is 2.94. The Labute approximate surface area is 118 Å². The van der Waals surface area contributed by atoms with Gasteiger partial charge in [0.25, 0.3) is 0 Å². The third-order valence-corrected chi connectivity index (χ3v) is 4.60. The zero-order chi connectivity index (χ0) is 14.0. The second kappa shape index (κ2) is 5.45. The molecule has 0 aliphatic rings. The number of hydrogen-bond donors (Lipinski definition) is 2. The molecule has 0 spiro atoms. The van der Waals surface area contributed by atoms with Gasteiger partial charge in [-0.3, -0.25) is 4.68 Å². The first-order chi connectivity index (χ1) is 8.92. The summed E-state index contributed by atoms with van der Waals surface area (Å²) in [5.74, 6) is 0.